The SMILES string of the molecule is Cc1ccccc1N/N=C\c1cccc(NC(=O)c2ccccc2Cl)c1. The van der Waals surface area contributed by atoms with Crippen LogP contribution in [0.1, 0.15) is 21.5 Å². The van der Waals surface area contributed by atoms with Crippen LogP contribution in [0.3, 0.4) is 0 Å². The molecule has 0 atom stereocenters. The first-order valence-corrected chi connectivity index (χ1v) is 8.52. The number of carbonyl (C=O) groups excluding carboxylic acids is 1. The molecule has 0 saturated heterocycles. The van der Waals surface area contributed by atoms with E-state index >= 15 is 0 Å². The van der Waals surface area contributed by atoms with Crippen molar-refractivity contribution in [2.45, 2.75) is 6.92 Å². The first-order chi connectivity index (χ1) is 12.6. The lowest BCUT2D eigenvalue weighted by molar-refractivity contribution is 0.102. The summed E-state index contributed by atoms with van der Waals surface area (Å²) in [6.07, 6.45) is 1.71. The highest BCUT2D eigenvalue weighted by molar-refractivity contribution is 6.34. The molecule has 0 saturated carbocycles. The molecule has 0 radical (unpaired) electrons. The molecule has 0 aliphatic heterocycles. The molecule has 4 nitrogen and oxygen atoms in total. The summed E-state index contributed by atoms with van der Waals surface area (Å²) in [5, 5.41) is 7.53. The number of benzene rings is 3. The molecule has 3 aromatic rings. The van der Waals surface area contributed by atoms with Gasteiger partial charge in [0.1, 0.15) is 0 Å². The largest absolute Gasteiger partial charge is 0.322 e. The standard InChI is InChI=1S/C21H18ClN3O/c1-15-7-2-5-12-20(15)25-23-14-16-8-6-9-17(13-16)24-21(26)18-10-3-4-11-19(18)22/h2-14,25H,1H3,(H,24,26)/b23-14-. The van der Waals surface area contributed by atoms with Gasteiger partial charge < -0.3 is 5.32 Å². The molecule has 130 valence electrons. The summed E-state index contributed by atoms with van der Waals surface area (Å²) < 4.78 is 0. The van der Waals surface area contributed by atoms with Crippen molar-refractivity contribution < 1.29 is 4.79 Å². The highest BCUT2D eigenvalue weighted by Gasteiger charge is 2.09. The van der Waals surface area contributed by atoms with Crippen LogP contribution in [0.25, 0.3) is 0 Å². The van der Waals surface area contributed by atoms with Crippen molar-refractivity contribution in [3.8, 4) is 0 Å². The fraction of sp³-hybridized carbons (Fsp3) is 0.0476. The molecule has 0 heterocycles. The van der Waals surface area contributed by atoms with Crippen molar-refractivity contribution in [2.75, 3.05) is 10.7 Å². The van der Waals surface area contributed by atoms with Gasteiger partial charge in [-0.3, -0.25) is 10.2 Å². The zero-order valence-electron chi connectivity index (χ0n) is 14.2. The number of hydrazone groups is 1. The number of amides is 1. The number of anilines is 2. The number of para-hydroxylation sites is 1. The van der Waals surface area contributed by atoms with E-state index in [1.807, 2.05) is 55.5 Å². The molecular formula is C21H18ClN3O. The van der Waals surface area contributed by atoms with Gasteiger partial charge in [-0.25, -0.2) is 0 Å². The van der Waals surface area contributed by atoms with E-state index in [9.17, 15) is 4.79 Å². The van der Waals surface area contributed by atoms with E-state index in [0.29, 0.717) is 16.3 Å². The molecule has 0 bridgehead atoms. The molecule has 0 spiro atoms. The molecule has 0 unspecified atom stereocenters. The van der Waals surface area contributed by atoms with Crippen molar-refractivity contribution in [1.29, 1.82) is 0 Å². The van der Waals surface area contributed by atoms with Gasteiger partial charge in [0.05, 0.1) is 22.5 Å². The molecule has 0 fully saturated rings. The summed E-state index contributed by atoms with van der Waals surface area (Å²) in [4.78, 5) is 12.3. The molecule has 0 aromatic heterocycles. The monoisotopic (exact) mass is 363 g/mol. The van der Waals surface area contributed by atoms with E-state index in [-0.39, 0.29) is 5.91 Å². The molecular weight excluding hydrogens is 346 g/mol. The van der Waals surface area contributed by atoms with Gasteiger partial charge in [0, 0.05) is 5.69 Å². The summed E-state index contributed by atoms with van der Waals surface area (Å²) >= 11 is 6.07. The highest BCUT2D eigenvalue weighted by atomic mass is 35.5. The van der Waals surface area contributed by atoms with Crippen LogP contribution in [0, 0.1) is 6.92 Å². The van der Waals surface area contributed by atoms with Gasteiger partial charge in [-0.2, -0.15) is 5.10 Å². The second kappa shape index (κ2) is 8.32. The Kier molecular flexibility index (Phi) is 5.66. The Hall–Kier alpha value is -3.11. The van der Waals surface area contributed by atoms with E-state index < -0.39 is 0 Å². The smallest absolute Gasteiger partial charge is 0.257 e. The van der Waals surface area contributed by atoms with Crippen LogP contribution in [0.15, 0.2) is 77.9 Å². The fourth-order valence-corrected chi connectivity index (χ4v) is 2.64. The fourth-order valence-electron chi connectivity index (χ4n) is 2.42. The van der Waals surface area contributed by atoms with Crippen LogP contribution < -0.4 is 10.7 Å². The Morgan fingerprint density at radius 2 is 1.77 bits per heavy atom. The first-order valence-electron chi connectivity index (χ1n) is 8.14. The Bertz CT molecular complexity index is 953. The number of aryl methyl sites for hydroxylation is 1. The molecule has 5 heteroatoms. The summed E-state index contributed by atoms with van der Waals surface area (Å²) in [5.41, 5.74) is 7.07. The minimum atomic E-state index is -0.247. The number of nitrogens with one attached hydrogen (secondary N) is 2. The summed E-state index contributed by atoms with van der Waals surface area (Å²) in [6.45, 7) is 2.02. The Morgan fingerprint density at radius 1 is 1.00 bits per heavy atom. The van der Waals surface area contributed by atoms with Crippen molar-refractivity contribution in [1.82, 2.24) is 0 Å². The molecule has 26 heavy (non-hydrogen) atoms. The van der Waals surface area contributed by atoms with Gasteiger partial charge >= 0.3 is 0 Å². The topological polar surface area (TPSA) is 53.5 Å². The quantitative estimate of drug-likeness (QED) is 0.474. The predicted molar refractivity (Wildman–Crippen MR) is 108 cm³/mol. The maximum Gasteiger partial charge on any atom is 0.257 e. The second-order valence-corrected chi connectivity index (χ2v) is 6.15. The third kappa shape index (κ3) is 4.49. The molecule has 1 amide bonds. The maximum absolute atomic E-state index is 12.3. The lowest BCUT2D eigenvalue weighted by atomic mass is 10.2. The lowest BCUT2D eigenvalue weighted by Crippen LogP contribution is -2.12. The molecule has 2 N–H and O–H groups in total. The first kappa shape index (κ1) is 17.7. The van der Waals surface area contributed by atoms with Crippen LogP contribution in [0.4, 0.5) is 11.4 Å². The average molecular weight is 364 g/mol. The normalized spacial score (nSPS) is 10.7. The van der Waals surface area contributed by atoms with Crippen LogP contribution in [-0.2, 0) is 0 Å². The van der Waals surface area contributed by atoms with Gasteiger partial charge in [0.25, 0.3) is 5.91 Å². The number of carbonyl (C=O) groups is 1. The van der Waals surface area contributed by atoms with Crippen LogP contribution in [0.2, 0.25) is 5.02 Å². The molecule has 0 aliphatic carbocycles. The van der Waals surface area contributed by atoms with Crippen LogP contribution >= 0.6 is 11.6 Å². The lowest BCUT2D eigenvalue weighted by Gasteiger charge is -2.07. The summed E-state index contributed by atoms with van der Waals surface area (Å²) in [5.74, 6) is -0.247. The minimum absolute atomic E-state index is 0.247. The number of hydrogen-bond donors (Lipinski definition) is 2. The van der Waals surface area contributed by atoms with E-state index in [2.05, 4.69) is 15.8 Å². The Balaban J connectivity index is 1.68. The van der Waals surface area contributed by atoms with Gasteiger partial charge in [-0.1, -0.05) is 54.1 Å². The number of halogens is 1. The third-order valence-corrected chi connectivity index (χ3v) is 4.14. The third-order valence-electron chi connectivity index (χ3n) is 3.81. The number of nitrogens with zero attached hydrogens (tertiary/aromatic N) is 1. The minimum Gasteiger partial charge on any atom is -0.322 e. The molecule has 3 rings (SSSR count). The molecule has 3 aromatic carbocycles. The summed E-state index contributed by atoms with van der Waals surface area (Å²) in [7, 11) is 0. The summed E-state index contributed by atoms with van der Waals surface area (Å²) in [6, 6.07) is 22.3. The van der Waals surface area contributed by atoms with Gasteiger partial charge in [0.2, 0.25) is 0 Å². The zero-order valence-corrected chi connectivity index (χ0v) is 15.0. The second-order valence-electron chi connectivity index (χ2n) is 5.74. The van der Waals surface area contributed by atoms with E-state index in [1.54, 1.807) is 30.5 Å². The highest BCUT2D eigenvalue weighted by Crippen LogP contribution is 2.18. The van der Waals surface area contributed by atoms with Gasteiger partial charge in [0.15, 0.2) is 0 Å². The number of hydrogen-bond acceptors (Lipinski definition) is 3. The van der Waals surface area contributed by atoms with Gasteiger partial charge in [-0.15, -0.1) is 0 Å². The maximum atomic E-state index is 12.3. The predicted octanol–water partition coefficient (Wildman–Crippen LogP) is 5.35. The van der Waals surface area contributed by atoms with Crippen LogP contribution in [0.5, 0.6) is 0 Å². The van der Waals surface area contributed by atoms with E-state index in [0.717, 1.165) is 16.8 Å². The number of rotatable bonds is 5. The zero-order chi connectivity index (χ0) is 18.4. The van der Waals surface area contributed by atoms with Crippen molar-refractivity contribution in [3.05, 3.63) is 94.5 Å². The Morgan fingerprint density at radius 3 is 2.58 bits per heavy atom. The van der Waals surface area contributed by atoms with E-state index in [1.165, 1.54) is 0 Å². The van der Waals surface area contributed by atoms with Crippen molar-refractivity contribution >= 4 is 35.1 Å². The van der Waals surface area contributed by atoms with Gasteiger partial charge in [-0.05, 0) is 48.4 Å². The van der Waals surface area contributed by atoms with Crippen LogP contribution in [-0.4, -0.2) is 12.1 Å². The Labute approximate surface area is 157 Å². The van der Waals surface area contributed by atoms with Crippen molar-refractivity contribution in [3.63, 3.8) is 0 Å². The van der Waals surface area contributed by atoms with Crippen molar-refractivity contribution in [2.24, 2.45) is 5.10 Å². The average Bonchev–Trinajstić information content (AvgIpc) is 2.64. The van der Waals surface area contributed by atoms with E-state index in [4.69, 9.17) is 11.6 Å². The molecule has 0 aliphatic rings.